The Balaban J connectivity index is 2.68. The molecule has 0 amide bonds. The van der Waals surface area contributed by atoms with E-state index in [4.69, 9.17) is 5.84 Å². The lowest BCUT2D eigenvalue weighted by molar-refractivity contribution is 0.402. The molecule has 0 aliphatic rings. The maximum atomic E-state index is 5.59. The average Bonchev–Trinajstić information content (AvgIpc) is 2.17. The third-order valence-electron chi connectivity index (χ3n) is 1.80. The van der Waals surface area contributed by atoms with Crippen LogP contribution < -0.4 is 16.4 Å². The molecular formula is C9H17N5. The van der Waals surface area contributed by atoms with E-state index in [1.54, 1.807) is 7.05 Å². The van der Waals surface area contributed by atoms with E-state index >= 15 is 0 Å². The van der Waals surface area contributed by atoms with Crippen LogP contribution in [0.1, 0.15) is 5.56 Å². The quantitative estimate of drug-likeness (QED) is 0.521. The van der Waals surface area contributed by atoms with E-state index in [0.29, 0.717) is 5.82 Å². The van der Waals surface area contributed by atoms with Crippen LogP contribution in [-0.4, -0.2) is 31.0 Å². The number of aromatic nitrogens is 1. The molecule has 14 heavy (non-hydrogen) atoms. The zero-order valence-corrected chi connectivity index (χ0v) is 8.86. The van der Waals surface area contributed by atoms with Gasteiger partial charge in [0.1, 0.15) is 0 Å². The third-order valence-corrected chi connectivity index (χ3v) is 1.80. The van der Waals surface area contributed by atoms with E-state index in [2.05, 4.69) is 15.3 Å². The Bertz CT molecular complexity index is 269. The van der Waals surface area contributed by atoms with Gasteiger partial charge in [-0.1, -0.05) is 6.07 Å². The van der Waals surface area contributed by atoms with Gasteiger partial charge < -0.3 is 4.90 Å². The Morgan fingerprint density at radius 1 is 1.43 bits per heavy atom. The van der Waals surface area contributed by atoms with Gasteiger partial charge >= 0.3 is 0 Å². The van der Waals surface area contributed by atoms with Crippen LogP contribution in [0.4, 0.5) is 5.82 Å². The van der Waals surface area contributed by atoms with Gasteiger partial charge in [-0.05, 0) is 25.7 Å². The molecule has 0 radical (unpaired) electrons. The summed E-state index contributed by atoms with van der Waals surface area (Å²) in [6.07, 6.45) is 1.83. The predicted octanol–water partition coefficient (Wildman–Crippen LogP) is -0.0423. The topological polar surface area (TPSA) is 57.4 Å². The minimum Gasteiger partial charge on any atom is -0.305 e. The number of hydrogen-bond donors (Lipinski definition) is 2. The first-order chi connectivity index (χ1) is 6.63. The van der Waals surface area contributed by atoms with Crippen LogP contribution >= 0.6 is 0 Å². The molecule has 0 bridgehead atoms. The van der Waals surface area contributed by atoms with Gasteiger partial charge in [0.15, 0.2) is 5.82 Å². The second-order valence-electron chi connectivity index (χ2n) is 3.36. The Hall–Kier alpha value is -1.17. The van der Waals surface area contributed by atoms with Crippen molar-refractivity contribution in [1.29, 1.82) is 0 Å². The van der Waals surface area contributed by atoms with Crippen LogP contribution in [0.25, 0.3) is 0 Å². The number of rotatable bonds is 4. The predicted molar refractivity (Wildman–Crippen MR) is 57.4 cm³/mol. The summed E-state index contributed by atoms with van der Waals surface area (Å²) in [7, 11) is 5.79. The summed E-state index contributed by atoms with van der Waals surface area (Å²) >= 11 is 0. The zero-order valence-electron chi connectivity index (χ0n) is 8.86. The monoisotopic (exact) mass is 195 g/mol. The summed E-state index contributed by atoms with van der Waals surface area (Å²) in [5.74, 6) is 6.30. The minimum absolute atomic E-state index is 0.704. The highest BCUT2D eigenvalue weighted by molar-refractivity contribution is 5.35. The molecular weight excluding hydrogens is 178 g/mol. The molecule has 0 spiro atoms. The Morgan fingerprint density at radius 2 is 2.14 bits per heavy atom. The average molecular weight is 195 g/mol. The van der Waals surface area contributed by atoms with E-state index in [-0.39, 0.29) is 0 Å². The third kappa shape index (κ3) is 2.95. The fourth-order valence-corrected chi connectivity index (χ4v) is 1.13. The lowest BCUT2D eigenvalue weighted by Gasteiger charge is -2.16. The molecule has 0 saturated heterocycles. The summed E-state index contributed by atoms with van der Waals surface area (Å²) in [5.41, 5.74) is 3.95. The molecule has 5 nitrogen and oxygen atoms in total. The smallest absolute Gasteiger partial charge is 0.158 e. The first-order valence-electron chi connectivity index (χ1n) is 4.45. The molecule has 0 unspecified atom stereocenters. The van der Waals surface area contributed by atoms with Crippen molar-refractivity contribution in [3.8, 4) is 0 Å². The molecule has 1 heterocycles. The second-order valence-corrected chi connectivity index (χ2v) is 3.36. The van der Waals surface area contributed by atoms with Crippen LogP contribution in [0, 0.1) is 0 Å². The zero-order chi connectivity index (χ0) is 10.6. The van der Waals surface area contributed by atoms with Gasteiger partial charge in [0.25, 0.3) is 0 Å². The molecule has 1 aromatic heterocycles. The van der Waals surface area contributed by atoms with Crippen molar-refractivity contribution in [1.82, 2.24) is 15.3 Å². The second kappa shape index (κ2) is 4.90. The Kier molecular flexibility index (Phi) is 3.82. The summed E-state index contributed by atoms with van der Waals surface area (Å²) < 4.78 is 0. The van der Waals surface area contributed by atoms with Crippen molar-refractivity contribution in [2.45, 2.75) is 6.54 Å². The number of hydrazine groups is 2. The fraction of sp³-hybridized carbons (Fsp3) is 0.444. The maximum absolute atomic E-state index is 5.59. The molecule has 0 aliphatic heterocycles. The normalized spacial score (nSPS) is 10.6. The lowest BCUT2D eigenvalue weighted by atomic mass is 10.3. The fourth-order valence-electron chi connectivity index (χ4n) is 1.13. The van der Waals surface area contributed by atoms with Crippen LogP contribution in [0.15, 0.2) is 18.3 Å². The van der Waals surface area contributed by atoms with Crippen molar-refractivity contribution in [2.75, 3.05) is 26.3 Å². The Morgan fingerprint density at radius 3 is 2.57 bits per heavy atom. The molecule has 0 fully saturated rings. The molecule has 78 valence electrons. The molecule has 0 atom stereocenters. The van der Waals surface area contributed by atoms with E-state index in [1.165, 1.54) is 10.7 Å². The van der Waals surface area contributed by atoms with Gasteiger partial charge in [0.2, 0.25) is 0 Å². The lowest BCUT2D eigenvalue weighted by Crippen LogP contribution is -2.41. The highest BCUT2D eigenvalue weighted by Crippen LogP contribution is 2.07. The van der Waals surface area contributed by atoms with Crippen LogP contribution in [0.3, 0.4) is 0 Å². The summed E-state index contributed by atoms with van der Waals surface area (Å²) in [5, 5.41) is 1.37. The minimum atomic E-state index is 0.704. The van der Waals surface area contributed by atoms with Gasteiger partial charge in [-0.25, -0.2) is 21.4 Å². The molecule has 0 saturated carbocycles. The van der Waals surface area contributed by atoms with Gasteiger partial charge in [-0.15, -0.1) is 0 Å². The van der Waals surface area contributed by atoms with Crippen molar-refractivity contribution in [2.24, 2.45) is 5.84 Å². The van der Waals surface area contributed by atoms with Crippen molar-refractivity contribution < 1.29 is 0 Å². The number of hydrogen-bond acceptors (Lipinski definition) is 5. The first-order valence-corrected chi connectivity index (χ1v) is 4.45. The van der Waals surface area contributed by atoms with E-state index in [9.17, 15) is 0 Å². The van der Waals surface area contributed by atoms with Gasteiger partial charge in [-0.3, -0.25) is 0 Å². The summed E-state index contributed by atoms with van der Waals surface area (Å²) in [6, 6.07) is 3.90. The summed E-state index contributed by atoms with van der Waals surface area (Å²) in [4.78, 5) is 6.31. The maximum Gasteiger partial charge on any atom is 0.158 e. The summed E-state index contributed by atoms with van der Waals surface area (Å²) in [6.45, 7) is 0.886. The van der Waals surface area contributed by atoms with Crippen molar-refractivity contribution in [3.05, 3.63) is 23.9 Å². The van der Waals surface area contributed by atoms with Gasteiger partial charge in [-0.2, -0.15) is 0 Å². The van der Waals surface area contributed by atoms with Gasteiger partial charge in [0.05, 0.1) is 0 Å². The Labute approximate surface area is 84.5 Å². The molecule has 1 rings (SSSR count). The largest absolute Gasteiger partial charge is 0.305 e. The molecule has 3 N–H and O–H groups in total. The van der Waals surface area contributed by atoms with Gasteiger partial charge in [0, 0.05) is 19.8 Å². The SMILES string of the molecule is CNN(N)c1ccc(CN(C)C)cn1. The van der Waals surface area contributed by atoms with Crippen molar-refractivity contribution >= 4 is 5.82 Å². The standard InChI is InChI=1S/C9H17N5/c1-11-14(10)9-5-4-8(6-12-9)7-13(2)3/h4-6,11H,7,10H2,1-3H3. The van der Waals surface area contributed by atoms with E-state index < -0.39 is 0 Å². The molecule has 5 heteroatoms. The van der Waals surface area contributed by atoms with E-state index in [0.717, 1.165) is 6.54 Å². The number of nitrogens with zero attached hydrogens (tertiary/aromatic N) is 3. The number of nitrogens with two attached hydrogens (primary N) is 1. The van der Waals surface area contributed by atoms with Crippen LogP contribution in [0.5, 0.6) is 0 Å². The molecule has 0 aromatic carbocycles. The molecule has 0 aliphatic carbocycles. The number of nitrogens with one attached hydrogen (secondary N) is 1. The first kappa shape index (κ1) is 10.9. The highest BCUT2D eigenvalue weighted by Gasteiger charge is 2.00. The highest BCUT2D eigenvalue weighted by atomic mass is 15.7. The van der Waals surface area contributed by atoms with Crippen LogP contribution in [0.2, 0.25) is 0 Å². The number of anilines is 1. The van der Waals surface area contributed by atoms with Crippen molar-refractivity contribution in [3.63, 3.8) is 0 Å². The van der Waals surface area contributed by atoms with Crippen LogP contribution in [-0.2, 0) is 6.54 Å². The molecule has 1 aromatic rings. The number of pyridine rings is 1. The van der Waals surface area contributed by atoms with E-state index in [1.807, 2.05) is 32.4 Å².